The molecule has 0 bridgehead atoms. The van der Waals surface area contributed by atoms with Crippen LogP contribution in [0.5, 0.6) is 5.88 Å². The molecule has 41 heavy (non-hydrogen) atoms. The van der Waals surface area contributed by atoms with Crippen LogP contribution in [-0.2, 0) is 19.7 Å². The van der Waals surface area contributed by atoms with Crippen LogP contribution in [-0.4, -0.2) is 39.3 Å². The Balaban J connectivity index is 1.20. The van der Waals surface area contributed by atoms with Crippen molar-refractivity contribution in [3.63, 3.8) is 0 Å². The molecule has 0 unspecified atom stereocenters. The molecular weight excluding hydrogens is 512 g/mol. The summed E-state index contributed by atoms with van der Waals surface area (Å²) in [6, 6.07) is 18.6. The number of imidazole rings is 1. The third-order valence-corrected chi connectivity index (χ3v) is 7.41. The zero-order valence-electron chi connectivity index (χ0n) is 23.1. The molecule has 9 nitrogen and oxygen atoms in total. The Morgan fingerprint density at radius 2 is 1.73 bits per heavy atom. The molecule has 1 saturated carbocycles. The molecule has 0 saturated heterocycles. The van der Waals surface area contributed by atoms with Gasteiger partial charge in [-0.05, 0) is 37.8 Å². The van der Waals surface area contributed by atoms with Crippen molar-refractivity contribution < 1.29 is 4.74 Å². The first-order chi connectivity index (χ1) is 20.2. The van der Waals surface area contributed by atoms with E-state index in [1.54, 1.807) is 6.33 Å². The summed E-state index contributed by atoms with van der Waals surface area (Å²) in [5.41, 5.74) is 6.79. The monoisotopic (exact) mass is 542 g/mol. The molecule has 0 atom stereocenters. The van der Waals surface area contributed by atoms with E-state index in [4.69, 9.17) is 19.7 Å². The number of nitrogens with zero attached hydrogens (tertiary/aromatic N) is 8. The van der Waals surface area contributed by atoms with E-state index < -0.39 is 0 Å². The fourth-order valence-electron chi connectivity index (χ4n) is 5.15. The second-order valence-corrected chi connectivity index (χ2v) is 10.5. The summed E-state index contributed by atoms with van der Waals surface area (Å²) >= 11 is 0. The largest absolute Gasteiger partial charge is 0.472 e. The molecule has 7 rings (SSSR count). The molecule has 1 fully saturated rings. The number of aromatic nitrogens is 8. The van der Waals surface area contributed by atoms with Gasteiger partial charge in [0.25, 0.3) is 0 Å². The maximum absolute atomic E-state index is 6.22. The molecule has 1 aliphatic rings. The Labute approximate surface area is 237 Å². The van der Waals surface area contributed by atoms with E-state index in [2.05, 4.69) is 57.0 Å². The van der Waals surface area contributed by atoms with E-state index >= 15 is 0 Å². The molecule has 0 radical (unpaired) electrons. The van der Waals surface area contributed by atoms with Crippen molar-refractivity contribution in [2.45, 2.75) is 52.3 Å². The third kappa shape index (κ3) is 5.06. The number of aryl methyl sites for hydroxylation is 2. The molecule has 204 valence electrons. The van der Waals surface area contributed by atoms with E-state index in [1.807, 2.05) is 54.3 Å². The summed E-state index contributed by atoms with van der Waals surface area (Å²) in [5.74, 6) is 2.43. The van der Waals surface area contributed by atoms with E-state index in [-0.39, 0.29) is 0 Å². The van der Waals surface area contributed by atoms with Crippen molar-refractivity contribution in [2.75, 3.05) is 0 Å². The van der Waals surface area contributed by atoms with E-state index in [9.17, 15) is 0 Å². The lowest BCUT2D eigenvalue weighted by atomic mass is 10.1. The van der Waals surface area contributed by atoms with Crippen LogP contribution < -0.4 is 4.74 Å². The Morgan fingerprint density at radius 3 is 2.51 bits per heavy atom. The van der Waals surface area contributed by atoms with Crippen molar-refractivity contribution in [1.82, 2.24) is 39.3 Å². The van der Waals surface area contributed by atoms with E-state index in [0.29, 0.717) is 30.8 Å². The van der Waals surface area contributed by atoms with Gasteiger partial charge in [-0.1, -0.05) is 54.6 Å². The number of ether oxygens (including phenoxy) is 1. The average molecular weight is 543 g/mol. The minimum absolute atomic E-state index is 0.377. The van der Waals surface area contributed by atoms with Gasteiger partial charge in [-0.25, -0.2) is 29.6 Å². The average Bonchev–Trinajstić information content (AvgIpc) is 3.69. The topological polar surface area (TPSA) is 96.4 Å². The summed E-state index contributed by atoms with van der Waals surface area (Å²) in [6.07, 6.45) is 9.48. The highest BCUT2D eigenvalue weighted by molar-refractivity contribution is 5.77. The van der Waals surface area contributed by atoms with Crippen LogP contribution in [0.25, 0.3) is 33.8 Å². The predicted octanol–water partition coefficient (Wildman–Crippen LogP) is 5.98. The highest BCUT2D eigenvalue weighted by Crippen LogP contribution is 2.45. The number of hydrogen-bond acceptors (Lipinski definition) is 7. The quantitative estimate of drug-likeness (QED) is 0.222. The predicted molar refractivity (Wildman–Crippen MR) is 156 cm³/mol. The lowest BCUT2D eigenvalue weighted by molar-refractivity contribution is 0.294. The van der Waals surface area contributed by atoms with Crippen molar-refractivity contribution in [1.29, 1.82) is 0 Å². The van der Waals surface area contributed by atoms with Gasteiger partial charge in [-0.3, -0.25) is 0 Å². The van der Waals surface area contributed by atoms with Gasteiger partial charge in [0.15, 0.2) is 11.5 Å². The van der Waals surface area contributed by atoms with Gasteiger partial charge in [-0.2, -0.15) is 5.10 Å². The first-order valence-electron chi connectivity index (χ1n) is 14.0. The Kier molecular flexibility index (Phi) is 6.47. The van der Waals surface area contributed by atoms with Crippen molar-refractivity contribution in [3.8, 4) is 28.7 Å². The first kappa shape index (κ1) is 25.1. The summed E-state index contributed by atoms with van der Waals surface area (Å²) in [7, 11) is 0. The van der Waals surface area contributed by atoms with Crippen LogP contribution in [0, 0.1) is 6.92 Å². The van der Waals surface area contributed by atoms with Crippen LogP contribution in [0.1, 0.15) is 48.2 Å². The number of rotatable bonds is 9. The fraction of sp³-hybridized carbons (Fsp3) is 0.250. The lowest BCUT2D eigenvalue weighted by Crippen LogP contribution is -2.06. The second kappa shape index (κ2) is 10.6. The molecule has 0 amide bonds. The van der Waals surface area contributed by atoms with Crippen molar-refractivity contribution >= 4 is 11.0 Å². The molecule has 6 aromatic rings. The number of fused-ring (bicyclic) bond motifs is 1. The standard InChI is InChI=1S/C32H30N8O/c1-3-39-17-21(2)37-30(39)25-11-9-22(10-12-25)18-40-31-26(16-36-40)15-33-29(38-31)27-28(24-13-14-24)34-20-35-32(27)41-19-23-7-5-4-6-8-23/h4-12,15-17,20,24H,3,13-14,18-19H2,1-2H3. The Morgan fingerprint density at radius 1 is 0.902 bits per heavy atom. The normalized spacial score (nSPS) is 13.1. The highest BCUT2D eigenvalue weighted by Gasteiger charge is 2.31. The molecule has 1 aliphatic carbocycles. The number of benzene rings is 2. The molecule has 0 N–H and O–H groups in total. The summed E-state index contributed by atoms with van der Waals surface area (Å²) in [5, 5.41) is 5.52. The van der Waals surface area contributed by atoms with Gasteiger partial charge in [0.05, 0.1) is 29.5 Å². The van der Waals surface area contributed by atoms with Crippen LogP contribution in [0.2, 0.25) is 0 Å². The fourth-order valence-corrected chi connectivity index (χ4v) is 5.15. The minimum atomic E-state index is 0.377. The van der Waals surface area contributed by atoms with Crippen LogP contribution in [0.15, 0.2) is 79.5 Å². The van der Waals surface area contributed by atoms with Gasteiger partial charge in [0, 0.05) is 30.4 Å². The molecule has 4 aromatic heterocycles. The van der Waals surface area contributed by atoms with Gasteiger partial charge in [0.2, 0.25) is 5.88 Å². The lowest BCUT2D eigenvalue weighted by Gasteiger charge is -2.13. The van der Waals surface area contributed by atoms with Crippen LogP contribution >= 0.6 is 0 Å². The first-order valence-corrected chi connectivity index (χ1v) is 14.0. The second-order valence-electron chi connectivity index (χ2n) is 10.5. The zero-order valence-corrected chi connectivity index (χ0v) is 23.1. The number of hydrogen-bond donors (Lipinski definition) is 0. The Hall–Kier alpha value is -4.92. The van der Waals surface area contributed by atoms with Crippen molar-refractivity contribution in [2.24, 2.45) is 0 Å². The minimum Gasteiger partial charge on any atom is -0.472 e. The van der Waals surface area contributed by atoms with Gasteiger partial charge in [-0.15, -0.1) is 0 Å². The van der Waals surface area contributed by atoms with Gasteiger partial charge >= 0.3 is 0 Å². The summed E-state index contributed by atoms with van der Waals surface area (Å²) in [6.45, 7) is 6.03. The highest BCUT2D eigenvalue weighted by atomic mass is 16.5. The molecule has 0 aliphatic heterocycles. The third-order valence-electron chi connectivity index (χ3n) is 7.41. The van der Waals surface area contributed by atoms with E-state index in [1.165, 1.54) is 0 Å². The maximum Gasteiger partial charge on any atom is 0.228 e. The molecule has 0 spiro atoms. The molecule has 4 heterocycles. The maximum atomic E-state index is 6.22. The SMILES string of the molecule is CCn1cc(C)nc1-c1ccc(Cn2ncc3cnc(-c4c(OCc5ccccc5)ncnc4C4CC4)nc32)cc1. The molecular formula is C32H30N8O. The van der Waals surface area contributed by atoms with Crippen LogP contribution in [0.3, 0.4) is 0 Å². The van der Waals surface area contributed by atoms with Crippen LogP contribution in [0.4, 0.5) is 0 Å². The summed E-state index contributed by atoms with van der Waals surface area (Å²) < 4.78 is 10.3. The van der Waals surface area contributed by atoms with Gasteiger partial charge < -0.3 is 9.30 Å². The van der Waals surface area contributed by atoms with Gasteiger partial charge in [0.1, 0.15) is 24.3 Å². The molecule has 9 heteroatoms. The zero-order chi connectivity index (χ0) is 27.8. The Bertz CT molecular complexity index is 1820. The smallest absolute Gasteiger partial charge is 0.228 e. The summed E-state index contributed by atoms with van der Waals surface area (Å²) in [4.78, 5) is 23.6. The molecule has 2 aromatic carbocycles. The van der Waals surface area contributed by atoms with Crippen molar-refractivity contribution in [3.05, 3.63) is 102 Å². The van der Waals surface area contributed by atoms with E-state index in [0.717, 1.165) is 69.9 Å².